The number of nitrogens with one attached hydrogen (secondary N) is 1. The molecule has 2 aliphatic carbocycles. The summed E-state index contributed by atoms with van der Waals surface area (Å²) in [6.07, 6.45) is 8.90. The molecule has 0 unspecified atom stereocenters. The Bertz CT molecular complexity index is 307. The predicted molar refractivity (Wildman–Crippen MR) is 81.4 cm³/mol. The van der Waals surface area contributed by atoms with Crippen molar-refractivity contribution >= 4 is 18.3 Å². The SMILES string of the molecule is CC(C)CC1(CNC(=O)C2(N)CCCCC2)CC1.Cl. The van der Waals surface area contributed by atoms with E-state index in [4.69, 9.17) is 5.73 Å². The number of hydrogen-bond acceptors (Lipinski definition) is 2. The minimum Gasteiger partial charge on any atom is -0.354 e. The van der Waals surface area contributed by atoms with Crippen LogP contribution in [0.5, 0.6) is 0 Å². The lowest BCUT2D eigenvalue weighted by molar-refractivity contribution is -0.127. The minimum atomic E-state index is -0.577. The van der Waals surface area contributed by atoms with Gasteiger partial charge in [0.2, 0.25) is 5.91 Å². The molecule has 1 amide bonds. The van der Waals surface area contributed by atoms with Gasteiger partial charge in [0.25, 0.3) is 0 Å². The molecule has 3 nitrogen and oxygen atoms in total. The van der Waals surface area contributed by atoms with E-state index in [2.05, 4.69) is 19.2 Å². The first-order chi connectivity index (χ1) is 8.46. The molecule has 19 heavy (non-hydrogen) atoms. The van der Waals surface area contributed by atoms with Gasteiger partial charge in [-0.05, 0) is 43.4 Å². The summed E-state index contributed by atoms with van der Waals surface area (Å²) in [6, 6.07) is 0. The lowest BCUT2D eigenvalue weighted by Gasteiger charge is -2.32. The highest BCUT2D eigenvalue weighted by Crippen LogP contribution is 2.50. The van der Waals surface area contributed by atoms with Crippen molar-refractivity contribution < 1.29 is 4.79 Å². The van der Waals surface area contributed by atoms with Crippen LogP contribution in [0.25, 0.3) is 0 Å². The van der Waals surface area contributed by atoms with Crippen LogP contribution in [-0.4, -0.2) is 18.0 Å². The second-order valence-corrected chi connectivity index (χ2v) is 7.00. The first-order valence-corrected chi connectivity index (χ1v) is 7.53. The van der Waals surface area contributed by atoms with Gasteiger partial charge in [0.05, 0.1) is 5.54 Å². The summed E-state index contributed by atoms with van der Waals surface area (Å²) in [7, 11) is 0. The third-order valence-corrected chi connectivity index (χ3v) is 4.62. The number of carbonyl (C=O) groups is 1. The molecule has 0 spiro atoms. The highest BCUT2D eigenvalue weighted by Gasteiger charge is 2.44. The third-order valence-electron chi connectivity index (χ3n) is 4.62. The van der Waals surface area contributed by atoms with Crippen LogP contribution >= 0.6 is 12.4 Å². The van der Waals surface area contributed by atoms with Crippen LogP contribution < -0.4 is 11.1 Å². The molecule has 0 heterocycles. The molecule has 2 fully saturated rings. The lowest BCUT2D eigenvalue weighted by atomic mass is 9.81. The molecule has 0 aromatic heterocycles. The van der Waals surface area contributed by atoms with Crippen LogP contribution in [0.15, 0.2) is 0 Å². The minimum absolute atomic E-state index is 0. The first kappa shape index (κ1) is 16.8. The van der Waals surface area contributed by atoms with E-state index < -0.39 is 5.54 Å². The van der Waals surface area contributed by atoms with Crippen LogP contribution in [-0.2, 0) is 4.79 Å². The summed E-state index contributed by atoms with van der Waals surface area (Å²) in [5, 5.41) is 3.14. The first-order valence-electron chi connectivity index (χ1n) is 7.53. The largest absolute Gasteiger partial charge is 0.354 e. The number of hydrogen-bond donors (Lipinski definition) is 2. The summed E-state index contributed by atoms with van der Waals surface area (Å²) < 4.78 is 0. The molecular formula is C15H29ClN2O. The smallest absolute Gasteiger partial charge is 0.240 e. The molecule has 2 rings (SSSR count). The van der Waals surface area contributed by atoms with E-state index in [0.29, 0.717) is 11.3 Å². The molecule has 0 aromatic rings. The van der Waals surface area contributed by atoms with E-state index in [9.17, 15) is 4.79 Å². The van der Waals surface area contributed by atoms with Gasteiger partial charge in [-0.2, -0.15) is 0 Å². The van der Waals surface area contributed by atoms with Crippen molar-refractivity contribution in [1.29, 1.82) is 0 Å². The Hall–Kier alpha value is -0.280. The van der Waals surface area contributed by atoms with Crippen molar-refractivity contribution in [3.63, 3.8) is 0 Å². The zero-order valence-corrected chi connectivity index (χ0v) is 13.2. The Kier molecular flexibility index (Phi) is 5.69. The van der Waals surface area contributed by atoms with E-state index in [1.165, 1.54) is 25.7 Å². The summed E-state index contributed by atoms with van der Waals surface area (Å²) >= 11 is 0. The molecule has 0 saturated heterocycles. The molecule has 0 aromatic carbocycles. The van der Waals surface area contributed by atoms with Crippen molar-refractivity contribution in [2.75, 3.05) is 6.54 Å². The van der Waals surface area contributed by atoms with Gasteiger partial charge in [-0.3, -0.25) is 4.79 Å². The Morgan fingerprint density at radius 2 is 1.74 bits per heavy atom. The van der Waals surface area contributed by atoms with Crippen LogP contribution in [0, 0.1) is 11.3 Å². The molecule has 2 saturated carbocycles. The highest BCUT2D eigenvalue weighted by atomic mass is 35.5. The van der Waals surface area contributed by atoms with Gasteiger partial charge in [-0.1, -0.05) is 33.1 Å². The van der Waals surface area contributed by atoms with Gasteiger partial charge in [0.1, 0.15) is 0 Å². The number of carbonyl (C=O) groups excluding carboxylic acids is 1. The van der Waals surface area contributed by atoms with Crippen LogP contribution in [0.2, 0.25) is 0 Å². The van der Waals surface area contributed by atoms with Crippen LogP contribution in [0.1, 0.15) is 65.2 Å². The predicted octanol–water partition coefficient (Wildman–Crippen LogP) is 3.01. The van der Waals surface area contributed by atoms with Gasteiger partial charge in [0, 0.05) is 6.54 Å². The van der Waals surface area contributed by atoms with Gasteiger partial charge >= 0.3 is 0 Å². The van der Waals surface area contributed by atoms with Gasteiger partial charge in [-0.15, -0.1) is 12.4 Å². The second kappa shape index (κ2) is 6.45. The van der Waals surface area contributed by atoms with Crippen LogP contribution in [0.3, 0.4) is 0 Å². The van der Waals surface area contributed by atoms with E-state index in [1.54, 1.807) is 0 Å². The standard InChI is InChI=1S/C15H28N2O.ClH/c1-12(2)10-14(8-9-14)11-17-13(18)15(16)6-4-3-5-7-15;/h12H,3-11,16H2,1-2H3,(H,17,18);1H. The van der Waals surface area contributed by atoms with E-state index >= 15 is 0 Å². The zero-order valence-electron chi connectivity index (χ0n) is 12.3. The Labute approximate surface area is 123 Å². The molecule has 112 valence electrons. The molecule has 0 bridgehead atoms. The topological polar surface area (TPSA) is 55.1 Å². The Morgan fingerprint density at radius 1 is 1.16 bits per heavy atom. The summed E-state index contributed by atoms with van der Waals surface area (Å²) in [6.45, 7) is 5.35. The normalized spacial score (nSPS) is 23.6. The molecule has 4 heteroatoms. The molecule has 2 aliphatic rings. The monoisotopic (exact) mass is 288 g/mol. The average molecular weight is 289 g/mol. The van der Waals surface area contributed by atoms with Crippen LogP contribution in [0.4, 0.5) is 0 Å². The fourth-order valence-electron chi connectivity index (χ4n) is 3.35. The fourth-order valence-corrected chi connectivity index (χ4v) is 3.35. The maximum atomic E-state index is 12.2. The molecule has 3 N–H and O–H groups in total. The molecule has 0 radical (unpaired) electrons. The third kappa shape index (κ3) is 4.35. The number of nitrogens with two attached hydrogens (primary N) is 1. The number of halogens is 1. The summed E-state index contributed by atoms with van der Waals surface area (Å²) in [5.41, 5.74) is 6.06. The second-order valence-electron chi connectivity index (χ2n) is 7.00. The average Bonchev–Trinajstić information content (AvgIpc) is 3.06. The maximum absolute atomic E-state index is 12.2. The molecular weight excluding hydrogens is 260 g/mol. The van der Waals surface area contributed by atoms with Gasteiger partial charge in [-0.25, -0.2) is 0 Å². The van der Waals surface area contributed by atoms with E-state index in [0.717, 1.165) is 32.2 Å². The zero-order chi connectivity index (χ0) is 13.2. The van der Waals surface area contributed by atoms with E-state index in [-0.39, 0.29) is 18.3 Å². The quantitative estimate of drug-likeness (QED) is 0.817. The lowest BCUT2D eigenvalue weighted by Crippen LogP contribution is -2.55. The highest BCUT2D eigenvalue weighted by molar-refractivity contribution is 5.86. The summed E-state index contributed by atoms with van der Waals surface area (Å²) in [5.74, 6) is 0.808. The number of amides is 1. The fraction of sp³-hybridized carbons (Fsp3) is 0.933. The van der Waals surface area contributed by atoms with Crippen molar-refractivity contribution in [3.05, 3.63) is 0 Å². The molecule has 0 atom stereocenters. The Morgan fingerprint density at radius 3 is 2.21 bits per heavy atom. The van der Waals surface area contributed by atoms with E-state index in [1.807, 2.05) is 0 Å². The Balaban J connectivity index is 0.00000180. The van der Waals surface area contributed by atoms with Crippen molar-refractivity contribution in [1.82, 2.24) is 5.32 Å². The van der Waals surface area contributed by atoms with Crippen molar-refractivity contribution in [2.45, 2.75) is 70.8 Å². The number of rotatable bonds is 5. The summed E-state index contributed by atoms with van der Waals surface area (Å²) in [4.78, 5) is 12.2. The van der Waals surface area contributed by atoms with Crippen molar-refractivity contribution in [3.8, 4) is 0 Å². The van der Waals surface area contributed by atoms with Gasteiger partial charge in [0.15, 0.2) is 0 Å². The van der Waals surface area contributed by atoms with Gasteiger partial charge < -0.3 is 11.1 Å². The van der Waals surface area contributed by atoms with Crippen molar-refractivity contribution in [2.24, 2.45) is 17.1 Å². The molecule has 0 aliphatic heterocycles. The maximum Gasteiger partial charge on any atom is 0.240 e.